The highest BCUT2D eigenvalue weighted by molar-refractivity contribution is 8.13. The molecule has 5 heteroatoms. The third-order valence-electron chi connectivity index (χ3n) is 3.61. The minimum absolute atomic E-state index is 0.0177. The normalized spacial score (nSPS) is 22.4. The zero-order valence-corrected chi connectivity index (χ0v) is 12.8. The first-order valence-electron chi connectivity index (χ1n) is 6.69. The smallest absolute Gasteiger partial charge is 0.280 e. The fourth-order valence-electron chi connectivity index (χ4n) is 2.52. The molecule has 0 aliphatic carbocycles. The van der Waals surface area contributed by atoms with Gasteiger partial charge < -0.3 is 0 Å². The van der Waals surface area contributed by atoms with E-state index in [1.165, 1.54) is 23.9 Å². The van der Waals surface area contributed by atoms with Gasteiger partial charge in [-0.15, -0.1) is 4.09 Å². The summed E-state index contributed by atoms with van der Waals surface area (Å²) in [5, 5.41) is 0.747. The highest BCUT2D eigenvalue weighted by atomic mass is 35.5. The number of nitrogens with zero attached hydrogens (tertiary/aromatic N) is 1. The Balaban J connectivity index is 1.92. The summed E-state index contributed by atoms with van der Waals surface area (Å²) in [6.07, 6.45) is 0.824. The van der Waals surface area contributed by atoms with E-state index < -0.39 is 0 Å². The van der Waals surface area contributed by atoms with Crippen LogP contribution in [0, 0.1) is 5.82 Å². The first-order valence-corrected chi connectivity index (χ1v) is 7.91. The average Bonchev–Trinajstić information content (AvgIpc) is 2.51. The number of hydrogen-bond donors (Lipinski definition) is 1. The number of rotatable bonds is 2. The molecule has 0 aromatic heterocycles. The SMILES string of the molecule is NC1=[N+](Cl)[C@H](c2ccccc2)C[C@H](c2ccc(F)cc2)S1. The molecule has 108 valence electrons. The third kappa shape index (κ3) is 3.06. The van der Waals surface area contributed by atoms with Crippen LogP contribution >= 0.6 is 23.5 Å². The molecule has 1 aliphatic rings. The lowest BCUT2D eigenvalue weighted by Gasteiger charge is -2.26. The summed E-state index contributed by atoms with van der Waals surface area (Å²) in [6.45, 7) is 0. The summed E-state index contributed by atoms with van der Waals surface area (Å²) in [6, 6.07) is 16.7. The molecule has 2 aromatic carbocycles. The second-order valence-corrected chi connectivity index (χ2v) is 6.56. The molecule has 0 spiro atoms. The number of benzene rings is 2. The molecule has 3 rings (SSSR count). The van der Waals surface area contributed by atoms with Crippen LogP contribution in [0.5, 0.6) is 0 Å². The Hall–Kier alpha value is -1.52. The van der Waals surface area contributed by atoms with E-state index in [9.17, 15) is 4.39 Å². The molecule has 0 amide bonds. The highest BCUT2D eigenvalue weighted by Crippen LogP contribution is 2.43. The van der Waals surface area contributed by atoms with Crippen LogP contribution in [0.25, 0.3) is 0 Å². The standard InChI is InChI=1S/C16H14ClFN2S/c17-20-14(11-4-2-1-3-5-11)10-15(21-16(20)19)12-6-8-13(18)9-7-12/h1-9,14-15,19H,10H2/p+1/t14-,15+/m0/s1. The Morgan fingerprint density at radius 2 is 1.71 bits per heavy atom. The maximum atomic E-state index is 13.1. The van der Waals surface area contributed by atoms with Gasteiger partial charge in [0.25, 0.3) is 0 Å². The van der Waals surface area contributed by atoms with Gasteiger partial charge in [-0.1, -0.05) is 42.5 Å². The molecule has 0 saturated heterocycles. The number of thioether (sulfide) groups is 1. The minimum atomic E-state index is -0.227. The molecular weight excluding hydrogens is 307 g/mol. The predicted molar refractivity (Wildman–Crippen MR) is 85.8 cm³/mol. The van der Waals surface area contributed by atoms with Gasteiger partial charge in [0, 0.05) is 11.7 Å². The fourth-order valence-corrected chi connectivity index (χ4v) is 3.92. The Kier molecular flexibility index (Phi) is 4.17. The number of hydrogen-bond acceptors (Lipinski definition) is 2. The Bertz CT molecular complexity index is 658. The van der Waals surface area contributed by atoms with Gasteiger partial charge in [-0.2, -0.15) is 0 Å². The van der Waals surface area contributed by atoms with Crippen LogP contribution in [0.3, 0.4) is 0 Å². The van der Waals surface area contributed by atoms with Crippen LogP contribution in [0.15, 0.2) is 54.6 Å². The first-order chi connectivity index (χ1) is 10.1. The summed E-state index contributed by atoms with van der Waals surface area (Å²) < 4.78 is 14.7. The summed E-state index contributed by atoms with van der Waals surface area (Å²) >= 11 is 7.85. The number of amidine groups is 1. The molecule has 2 N–H and O–H groups in total. The van der Waals surface area contributed by atoms with Crippen molar-refractivity contribution in [2.24, 2.45) is 5.73 Å². The lowest BCUT2D eigenvalue weighted by atomic mass is 9.99. The molecule has 0 radical (unpaired) electrons. The van der Waals surface area contributed by atoms with Crippen molar-refractivity contribution in [1.82, 2.24) is 0 Å². The van der Waals surface area contributed by atoms with Gasteiger partial charge in [-0.25, -0.2) is 4.39 Å². The monoisotopic (exact) mass is 321 g/mol. The summed E-state index contributed by atoms with van der Waals surface area (Å²) in [5.74, 6) is -0.227. The fraction of sp³-hybridized carbons (Fsp3) is 0.188. The Labute approximate surface area is 132 Å². The van der Waals surface area contributed by atoms with Crippen molar-refractivity contribution in [2.45, 2.75) is 17.7 Å². The van der Waals surface area contributed by atoms with E-state index in [-0.39, 0.29) is 17.1 Å². The topological polar surface area (TPSA) is 29.0 Å². The molecule has 0 fully saturated rings. The molecule has 1 aliphatic heterocycles. The van der Waals surface area contributed by atoms with E-state index in [1.54, 1.807) is 4.09 Å². The van der Waals surface area contributed by atoms with Crippen molar-refractivity contribution in [3.63, 3.8) is 0 Å². The number of halogens is 2. The molecule has 21 heavy (non-hydrogen) atoms. The molecule has 0 unspecified atom stereocenters. The zero-order valence-electron chi connectivity index (χ0n) is 11.2. The van der Waals surface area contributed by atoms with Gasteiger partial charge in [-0.3, -0.25) is 5.73 Å². The molecule has 2 aromatic rings. The van der Waals surface area contributed by atoms with Crippen LogP contribution < -0.4 is 5.73 Å². The van der Waals surface area contributed by atoms with Crippen molar-refractivity contribution >= 4 is 28.7 Å². The summed E-state index contributed by atoms with van der Waals surface area (Å²) in [4.78, 5) is 0. The van der Waals surface area contributed by atoms with E-state index in [1.807, 2.05) is 42.5 Å². The van der Waals surface area contributed by atoms with Crippen molar-refractivity contribution in [2.75, 3.05) is 0 Å². The minimum Gasteiger partial charge on any atom is -0.280 e. The second-order valence-electron chi connectivity index (χ2n) is 4.97. The van der Waals surface area contributed by atoms with Crippen LogP contribution in [0.1, 0.15) is 28.8 Å². The quantitative estimate of drug-likeness (QED) is 0.839. The van der Waals surface area contributed by atoms with Crippen molar-refractivity contribution in [1.29, 1.82) is 0 Å². The van der Waals surface area contributed by atoms with Gasteiger partial charge in [0.1, 0.15) is 23.6 Å². The van der Waals surface area contributed by atoms with Crippen LogP contribution in [-0.4, -0.2) is 9.26 Å². The maximum Gasteiger partial charge on any atom is 0.322 e. The average molecular weight is 322 g/mol. The Morgan fingerprint density at radius 1 is 1.05 bits per heavy atom. The van der Waals surface area contributed by atoms with E-state index >= 15 is 0 Å². The van der Waals surface area contributed by atoms with E-state index in [0.717, 1.165) is 17.5 Å². The highest BCUT2D eigenvalue weighted by Gasteiger charge is 2.34. The van der Waals surface area contributed by atoms with Gasteiger partial charge in [0.15, 0.2) is 0 Å². The maximum absolute atomic E-state index is 13.1. The molecule has 2 nitrogen and oxygen atoms in total. The van der Waals surface area contributed by atoms with Gasteiger partial charge in [0.2, 0.25) is 0 Å². The molecule has 0 saturated carbocycles. The molecule has 0 bridgehead atoms. The Morgan fingerprint density at radius 3 is 2.38 bits per heavy atom. The van der Waals surface area contributed by atoms with Gasteiger partial charge in [-0.05, 0) is 35.0 Å². The van der Waals surface area contributed by atoms with Crippen molar-refractivity contribution < 1.29 is 8.49 Å². The van der Waals surface area contributed by atoms with Crippen LogP contribution in [0.2, 0.25) is 0 Å². The summed E-state index contributed by atoms with van der Waals surface area (Å²) in [7, 11) is 0. The largest absolute Gasteiger partial charge is 0.322 e. The third-order valence-corrected chi connectivity index (χ3v) is 5.32. The van der Waals surface area contributed by atoms with E-state index in [4.69, 9.17) is 17.5 Å². The lowest BCUT2D eigenvalue weighted by Crippen LogP contribution is -2.29. The molecular formula is C16H15ClFN2S+. The predicted octanol–water partition coefficient (Wildman–Crippen LogP) is 4.23. The van der Waals surface area contributed by atoms with E-state index in [0.29, 0.717) is 5.17 Å². The van der Waals surface area contributed by atoms with Gasteiger partial charge >= 0.3 is 5.17 Å². The zero-order chi connectivity index (χ0) is 14.8. The van der Waals surface area contributed by atoms with Crippen molar-refractivity contribution in [3.8, 4) is 0 Å². The van der Waals surface area contributed by atoms with Crippen LogP contribution in [-0.2, 0) is 0 Å². The second kappa shape index (κ2) is 6.08. The first kappa shape index (κ1) is 14.4. The van der Waals surface area contributed by atoms with Gasteiger partial charge in [0.05, 0.1) is 0 Å². The van der Waals surface area contributed by atoms with E-state index in [2.05, 4.69) is 0 Å². The molecule has 1 heterocycles. The summed E-state index contributed by atoms with van der Waals surface area (Å²) in [5.41, 5.74) is 8.26. The molecule has 2 atom stereocenters. The van der Waals surface area contributed by atoms with Crippen LogP contribution in [0.4, 0.5) is 4.39 Å². The lowest BCUT2D eigenvalue weighted by molar-refractivity contribution is -0.429. The van der Waals surface area contributed by atoms with Crippen molar-refractivity contribution in [3.05, 3.63) is 71.5 Å². The number of nitrogens with two attached hydrogens (primary N) is 1.